The number of aryl methyl sites for hydroxylation is 1. The predicted molar refractivity (Wildman–Crippen MR) is 78.1 cm³/mol. The Morgan fingerprint density at radius 1 is 1.30 bits per heavy atom. The molecule has 2 aliphatic heterocycles. The summed E-state index contributed by atoms with van der Waals surface area (Å²) in [5.41, 5.74) is 1.43. The van der Waals surface area contributed by atoms with Crippen molar-refractivity contribution < 1.29 is 9.59 Å². The minimum Gasteiger partial charge on any atom is -0.329 e. The number of anilines is 1. The average molecular weight is 290 g/mol. The van der Waals surface area contributed by atoms with E-state index in [1.54, 1.807) is 11.3 Å². The highest BCUT2D eigenvalue weighted by atomic mass is 32.1. The summed E-state index contributed by atoms with van der Waals surface area (Å²) >= 11 is 1.67. The van der Waals surface area contributed by atoms with Gasteiger partial charge in [0.15, 0.2) is 0 Å². The number of fused-ring (bicyclic) bond motifs is 5. The molecule has 1 aromatic rings. The van der Waals surface area contributed by atoms with E-state index in [4.69, 9.17) is 0 Å². The molecule has 3 aliphatic rings. The van der Waals surface area contributed by atoms with Crippen molar-refractivity contribution in [3.63, 3.8) is 0 Å². The molecule has 4 nitrogen and oxygen atoms in total. The number of thiophene rings is 1. The first-order valence-corrected chi connectivity index (χ1v) is 8.14. The van der Waals surface area contributed by atoms with E-state index in [2.05, 4.69) is 5.32 Å². The fraction of sp³-hybridized carbons (Fsp3) is 0.600. The van der Waals surface area contributed by atoms with Gasteiger partial charge < -0.3 is 5.32 Å². The van der Waals surface area contributed by atoms with Crippen molar-refractivity contribution in [3.05, 3.63) is 16.0 Å². The van der Waals surface area contributed by atoms with Gasteiger partial charge in [-0.1, -0.05) is 6.92 Å². The van der Waals surface area contributed by atoms with Crippen molar-refractivity contribution in [2.45, 2.75) is 51.6 Å². The zero-order valence-electron chi connectivity index (χ0n) is 11.8. The summed E-state index contributed by atoms with van der Waals surface area (Å²) in [7, 11) is 0. The van der Waals surface area contributed by atoms with Crippen LogP contribution >= 0.6 is 11.3 Å². The Labute approximate surface area is 122 Å². The van der Waals surface area contributed by atoms with Crippen LogP contribution in [-0.2, 0) is 17.6 Å². The van der Waals surface area contributed by atoms with Gasteiger partial charge in [0, 0.05) is 17.2 Å². The maximum atomic E-state index is 12.6. The Bertz CT molecular complexity index is 636. The lowest BCUT2D eigenvalue weighted by atomic mass is 9.91. The summed E-state index contributed by atoms with van der Waals surface area (Å²) in [5, 5.41) is 4.00. The van der Waals surface area contributed by atoms with Crippen molar-refractivity contribution in [1.82, 2.24) is 5.32 Å². The fourth-order valence-electron chi connectivity index (χ4n) is 3.77. The highest BCUT2D eigenvalue weighted by molar-refractivity contribution is 7.17. The standard InChI is InChI=1S/C15H18N2O2S/c1-8-7-11(18)17-14-12(13(19)16-15(8,17)2)9-5-3-4-6-10(9)20-14/h8H,3-7H2,1-2H3,(H,16,19). The van der Waals surface area contributed by atoms with E-state index in [1.165, 1.54) is 16.9 Å². The van der Waals surface area contributed by atoms with E-state index in [1.807, 2.05) is 18.7 Å². The first-order chi connectivity index (χ1) is 9.52. The molecular weight excluding hydrogens is 272 g/mol. The largest absolute Gasteiger partial charge is 0.329 e. The number of hydrogen-bond donors (Lipinski definition) is 1. The minimum absolute atomic E-state index is 0.0136. The van der Waals surface area contributed by atoms with E-state index in [-0.39, 0.29) is 17.7 Å². The zero-order chi connectivity index (χ0) is 14.1. The molecule has 0 bridgehead atoms. The van der Waals surface area contributed by atoms with Gasteiger partial charge in [0.1, 0.15) is 10.7 Å². The van der Waals surface area contributed by atoms with Crippen LogP contribution < -0.4 is 10.2 Å². The first kappa shape index (κ1) is 12.4. The molecule has 0 aromatic carbocycles. The third-order valence-corrected chi connectivity index (χ3v) is 6.38. The van der Waals surface area contributed by atoms with Crippen molar-refractivity contribution in [2.75, 3.05) is 4.90 Å². The second kappa shape index (κ2) is 3.85. The fourth-order valence-corrected chi connectivity index (χ4v) is 5.28. The quantitative estimate of drug-likeness (QED) is 0.798. The lowest BCUT2D eigenvalue weighted by Gasteiger charge is -2.42. The van der Waals surface area contributed by atoms with Crippen LogP contribution in [0, 0.1) is 5.92 Å². The molecule has 3 heterocycles. The molecule has 1 N–H and O–H groups in total. The molecule has 1 fully saturated rings. The van der Waals surface area contributed by atoms with Crippen LogP contribution in [0.5, 0.6) is 0 Å². The lowest BCUT2D eigenvalue weighted by Crippen LogP contribution is -2.62. The predicted octanol–water partition coefficient (Wildman–Crippen LogP) is 2.46. The highest BCUT2D eigenvalue weighted by Crippen LogP contribution is 2.49. The number of carbonyl (C=O) groups is 2. The van der Waals surface area contributed by atoms with Crippen LogP contribution in [0.1, 0.15) is 53.9 Å². The van der Waals surface area contributed by atoms with Gasteiger partial charge in [-0.05, 0) is 38.2 Å². The Hall–Kier alpha value is -1.36. The van der Waals surface area contributed by atoms with Crippen LogP contribution in [0.3, 0.4) is 0 Å². The van der Waals surface area contributed by atoms with Crippen molar-refractivity contribution in [2.24, 2.45) is 5.92 Å². The summed E-state index contributed by atoms with van der Waals surface area (Å²) in [5.74, 6) is 0.297. The van der Waals surface area contributed by atoms with Gasteiger partial charge in [-0.2, -0.15) is 0 Å². The van der Waals surface area contributed by atoms with Crippen LogP contribution in [-0.4, -0.2) is 17.5 Å². The normalized spacial score (nSPS) is 31.7. The second-order valence-electron chi connectivity index (χ2n) is 6.33. The third-order valence-electron chi connectivity index (χ3n) is 5.10. The molecule has 20 heavy (non-hydrogen) atoms. The van der Waals surface area contributed by atoms with Crippen molar-refractivity contribution in [3.8, 4) is 0 Å². The van der Waals surface area contributed by atoms with Crippen LogP contribution in [0.25, 0.3) is 0 Å². The van der Waals surface area contributed by atoms with Crippen LogP contribution in [0.15, 0.2) is 0 Å². The van der Waals surface area contributed by atoms with Gasteiger partial charge >= 0.3 is 0 Å². The summed E-state index contributed by atoms with van der Waals surface area (Å²) in [6.07, 6.45) is 4.87. The number of nitrogens with one attached hydrogen (secondary N) is 1. The Kier molecular flexibility index (Phi) is 2.38. The molecule has 2 atom stereocenters. The van der Waals surface area contributed by atoms with Gasteiger partial charge in [0.25, 0.3) is 5.91 Å². The third kappa shape index (κ3) is 1.36. The summed E-state index contributed by atoms with van der Waals surface area (Å²) in [6, 6.07) is 0. The number of amides is 2. The van der Waals surface area contributed by atoms with Gasteiger partial charge in [-0.25, -0.2) is 0 Å². The number of hydrogen-bond acceptors (Lipinski definition) is 3. The Morgan fingerprint density at radius 2 is 2.05 bits per heavy atom. The topological polar surface area (TPSA) is 49.4 Å². The van der Waals surface area contributed by atoms with E-state index in [0.29, 0.717) is 6.42 Å². The lowest BCUT2D eigenvalue weighted by molar-refractivity contribution is -0.117. The molecule has 0 radical (unpaired) electrons. The maximum Gasteiger partial charge on any atom is 0.256 e. The molecule has 2 unspecified atom stereocenters. The molecule has 1 saturated heterocycles. The Morgan fingerprint density at radius 3 is 2.85 bits per heavy atom. The van der Waals surface area contributed by atoms with Gasteiger partial charge in [-0.15, -0.1) is 11.3 Å². The summed E-state index contributed by atoms with van der Waals surface area (Å²) in [6.45, 7) is 4.01. The molecule has 0 saturated carbocycles. The maximum absolute atomic E-state index is 12.6. The SMILES string of the molecule is CC1CC(=O)N2c3sc4c(c3C(=O)NC12C)CCCC4. The van der Waals surface area contributed by atoms with Crippen LogP contribution in [0.4, 0.5) is 5.00 Å². The zero-order valence-corrected chi connectivity index (χ0v) is 12.6. The number of rotatable bonds is 0. The average Bonchev–Trinajstić information content (AvgIpc) is 2.86. The monoisotopic (exact) mass is 290 g/mol. The smallest absolute Gasteiger partial charge is 0.256 e. The van der Waals surface area contributed by atoms with Gasteiger partial charge in [0.2, 0.25) is 5.91 Å². The van der Waals surface area contributed by atoms with E-state index in [0.717, 1.165) is 29.8 Å². The molecule has 0 spiro atoms. The molecule has 1 aromatic heterocycles. The molecule has 5 heteroatoms. The first-order valence-electron chi connectivity index (χ1n) is 7.32. The highest BCUT2D eigenvalue weighted by Gasteiger charge is 2.54. The minimum atomic E-state index is -0.547. The van der Waals surface area contributed by atoms with Gasteiger partial charge in [0.05, 0.1) is 5.56 Å². The van der Waals surface area contributed by atoms with E-state index < -0.39 is 5.66 Å². The van der Waals surface area contributed by atoms with Gasteiger partial charge in [-0.3, -0.25) is 14.5 Å². The Balaban J connectivity index is 1.94. The summed E-state index contributed by atoms with van der Waals surface area (Å²) in [4.78, 5) is 28.1. The molecule has 106 valence electrons. The molecule has 2 amide bonds. The second-order valence-corrected chi connectivity index (χ2v) is 7.41. The summed E-state index contributed by atoms with van der Waals surface area (Å²) < 4.78 is 0. The number of carbonyl (C=O) groups excluding carboxylic acids is 2. The number of nitrogens with zero attached hydrogens (tertiary/aromatic N) is 1. The van der Waals surface area contributed by atoms with E-state index >= 15 is 0 Å². The van der Waals surface area contributed by atoms with Crippen LogP contribution in [0.2, 0.25) is 0 Å². The molecule has 1 aliphatic carbocycles. The molecular formula is C15H18N2O2S. The van der Waals surface area contributed by atoms with Crippen molar-refractivity contribution >= 4 is 28.2 Å². The van der Waals surface area contributed by atoms with Crippen molar-refractivity contribution in [1.29, 1.82) is 0 Å². The van der Waals surface area contributed by atoms with E-state index in [9.17, 15) is 9.59 Å². The molecule has 4 rings (SSSR count).